The summed E-state index contributed by atoms with van der Waals surface area (Å²) >= 11 is 0. The van der Waals surface area contributed by atoms with Crippen LogP contribution in [-0.4, -0.2) is 35.1 Å². The van der Waals surface area contributed by atoms with Crippen molar-refractivity contribution in [3.8, 4) is 0 Å². The summed E-state index contributed by atoms with van der Waals surface area (Å²) in [7, 11) is 0. The molecule has 1 amide bonds. The highest BCUT2D eigenvalue weighted by Gasteiger charge is 2.23. The first-order chi connectivity index (χ1) is 7.86. The van der Waals surface area contributed by atoms with E-state index in [0.717, 1.165) is 0 Å². The first kappa shape index (κ1) is 15.4. The molecule has 98 valence electrons. The zero-order valence-electron chi connectivity index (χ0n) is 10.4. The highest BCUT2D eigenvalue weighted by atomic mass is 16.5. The number of carboxylic acids is 1. The molecule has 0 fully saturated rings. The maximum atomic E-state index is 11.6. The van der Waals surface area contributed by atoms with E-state index in [9.17, 15) is 14.4 Å². The van der Waals surface area contributed by atoms with Gasteiger partial charge in [0.15, 0.2) is 0 Å². The second-order valence-corrected chi connectivity index (χ2v) is 3.84. The molecule has 0 aromatic heterocycles. The summed E-state index contributed by atoms with van der Waals surface area (Å²) in [5, 5.41) is 10.9. The molecule has 17 heavy (non-hydrogen) atoms. The van der Waals surface area contributed by atoms with Crippen LogP contribution < -0.4 is 5.32 Å². The Morgan fingerprint density at radius 2 is 1.94 bits per heavy atom. The number of amides is 1. The molecule has 0 rings (SSSR count). The average Bonchev–Trinajstić information content (AvgIpc) is 2.22. The van der Waals surface area contributed by atoms with Crippen molar-refractivity contribution in [2.24, 2.45) is 0 Å². The van der Waals surface area contributed by atoms with Gasteiger partial charge in [0, 0.05) is 13.3 Å². The van der Waals surface area contributed by atoms with Crippen LogP contribution in [0.2, 0.25) is 0 Å². The smallest absolute Gasteiger partial charge is 0.328 e. The minimum Gasteiger partial charge on any atom is -0.481 e. The Morgan fingerprint density at radius 1 is 1.35 bits per heavy atom. The Kier molecular flexibility index (Phi) is 6.93. The van der Waals surface area contributed by atoms with Crippen molar-refractivity contribution in [2.75, 3.05) is 0 Å². The first-order valence-electron chi connectivity index (χ1n) is 5.56. The summed E-state index contributed by atoms with van der Waals surface area (Å²) in [5.74, 6) is -1.99. The Bertz CT molecular complexity index is 290. The third-order valence-corrected chi connectivity index (χ3v) is 2.20. The van der Waals surface area contributed by atoms with Crippen molar-refractivity contribution in [3.05, 3.63) is 0 Å². The lowest BCUT2D eigenvalue weighted by atomic mass is 10.1. The maximum Gasteiger partial charge on any atom is 0.328 e. The van der Waals surface area contributed by atoms with Crippen LogP contribution >= 0.6 is 0 Å². The number of hydrogen-bond donors (Lipinski definition) is 2. The van der Waals surface area contributed by atoms with Crippen molar-refractivity contribution in [3.63, 3.8) is 0 Å². The van der Waals surface area contributed by atoms with Gasteiger partial charge in [0.25, 0.3) is 0 Å². The van der Waals surface area contributed by atoms with Gasteiger partial charge in [-0.1, -0.05) is 6.92 Å². The van der Waals surface area contributed by atoms with Gasteiger partial charge in [-0.2, -0.15) is 0 Å². The Hall–Kier alpha value is -1.59. The fourth-order valence-electron chi connectivity index (χ4n) is 1.13. The van der Waals surface area contributed by atoms with Crippen molar-refractivity contribution in [1.29, 1.82) is 0 Å². The summed E-state index contributed by atoms with van der Waals surface area (Å²) in [6.45, 7) is 4.87. The SMILES string of the molecule is CCC(C)OC(=O)[C@H](CCC(=O)O)NC(C)=O. The molecule has 0 aliphatic heterocycles. The predicted molar refractivity (Wildman–Crippen MR) is 60.3 cm³/mol. The number of esters is 1. The fourth-order valence-corrected chi connectivity index (χ4v) is 1.13. The van der Waals surface area contributed by atoms with E-state index < -0.39 is 18.0 Å². The fraction of sp³-hybridized carbons (Fsp3) is 0.727. The van der Waals surface area contributed by atoms with E-state index in [-0.39, 0.29) is 24.9 Å². The number of rotatable bonds is 7. The summed E-state index contributed by atoms with van der Waals surface area (Å²) in [6.07, 6.45) is 0.255. The molecule has 1 unspecified atom stereocenters. The highest BCUT2D eigenvalue weighted by molar-refractivity contribution is 5.83. The van der Waals surface area contributed by atoms with Crippen LogP contribution in [0.1, 0.15) is 40.0 Å². The summed E-state index contributed by atoms with van der Waals surface area (Å²) in [6, 6.07) is -0.891. The summed E-state index contributed by atoms with van der Waals surface area (Å²) < 4.78 is 5.05. The predicted octanol–water partition coefficient (Wildman–Crippen LogP) is 0.698. The highest BCUT2D eigenvalue weighted by Crippen LogP contribution is 2.04. The average molecular weight is 245 g/mol. The Morgan fingerprint density at radius 3 is 2.35 bits per heavy atom. The van der Waals surface area contributed by atoms with Gasteiger partial charge in [0.2, 0.25) is 5.91 Å². The van der Waals surface area contributed by atoms with Crippen LogP contribution in [-0.2, 0) is 19.1 Å². The largest absolute Gasteiger partial charge is 0.481 e. The number of carbonyl (C=O) groups excluding carboxylic acids is 2. The second kappa shape index (κ2) is 7.65. The van der Waals surface area contributed by atoms with Gasteiger partial charge in [-0.25, -0.2) is 4.79 Å². The normalized spacial score (nSPS) is 13.6. The third-order valence-electron chi connectivity index (χ3n) is 2.20. The molecule has 6 heteroatoms. The molecule has 0 saturated heterocycles. The molecular formula is C11H19NO5. The van der Waals surface area contributed by atoms with Crippen LogP contribution in [0.4, 0.5) is 0 Å². The molecule has 0 spiro atoms. The van der Waals surface area contributed by atoms with Gasteiger partial charge in [-0.15, -0.1) is 0 Å². The van der Waals surface area contributed by atoms with E-state index in [0.29, 0.717) is 6.42 Å². The second-order valence-electron chi connectivity index (χ2n) is 3.84. The standard InChI is InChI=1S/C11H19NO5/c1-4-7(2)17-11(16)9(12-8(3)13)5-6-10(14)15/h7,9H,4-6H2,1-3H3,(H,12,13)(H,14,15)/t7?,9-/m0/s1. The van der Waals surface area contributed by atoms with Crippen molar-refractivity contribution >= 4 is 17.8 Å². The zero-order valence-corrected chi connectivity index (χ0v) is 10.4. The maximum absolute atomic E-state index is 11.6. The minimum atomic E-state index is -1.02. The van der Waals surface area contributed by atoms with Gasteiger partial charge in [0.05, 0.1) is 6.10 Å². The molecule has 0 aliphatic rings. The molecule has 0 bridgehead atoms. The van der Waals surface area contributed by atoms with Crippen LogP contribution in [0.5, 0.6) is 0 Å². The van der Waals surface area contributed by atoms with Gasteiger partial charge < -0.3 is 15.2 Å². The first-order valence-corrected chi connectivity index (χ1v) is 5.56. The zero-order chi connectivity index (χ0) is 13.4. The molecule has 2 N–H and O–H groups in total. The molecule has 0 aromatic rings. The number of carbonyl (C=O) groups is 3. The molecule has 0 aromatic carbocycles. The van der Waals surface area contributed by atoms with E-state index in [1.165, 1.54) is 6.92 Å². The van der Waals surface area contributed by atoms with Gasteiger partial charge in [0.1, 0.15) is 6.04 Å². The van der Waals surface area contributed by atoms with E-state index >= 15 is 0 Å². The number of aliphatic carboxylic acids is 1. The monoisotopic (exact) mass is 245 g/mol. The van der Waals surface area contributed by atoms with E-state index in [4.69, 9.17) is 9.84 Å². The molecule has 6 nitrogen and oxygen atoms in total. The molecule has 2 atom stereocenters. The minimum absolute atomic E-state index is 0.0319. The van der Waals surface area contributed by atoms with Crippen molar-refractivity contribution < 1.29 is 24.2 Å². The summed E-state index contributed by atoms with van der Waals surface area (Å²) in [5.41, 5.74) is 0. The van der Waals surface area contributed by atoms with Crippen LogP contribution in [0, 0.1) is 0 Å². The van der Waals surface area contributed by atoms with Gasteiger partial charge in [-0.05, 0) is 19.8 Å². The lowest BCUT2D eigenvalue weighted by Gasteiger charge is -2.18. The van der Waals surface area contributed by atoms with Crippen LogP contribution in [0.15, 0.2) is 0 Å². The lowest BCUT2D eigenvalue weighted by molar-refractivity contribution is -0.152. The van der Waals surface area contributed by atoms with Gasteiger partial charge >= 0.3 is 11.9 Å². The number of hydrogen-bond acceptors (Lipinski definition) is 4. The number of carboxylic acid groups (broad SMARTS) is 1. The molecule has 0 radical (unpaired) electrons. The van der Waals surface area contributed by atoms with Crippen molar-refractivity contribution in [1.82, 2.24) is 5.32 Å². The summed E-state index contributed by atoms with van der Waals surface area (Å²) in [4.78, 5) is 32.9. The number of ether oxygens (including phenoxy) is 1. The van der Waals surface area contributed by atoms with Gasteiger partial charge in [-0.3, -0.25) is 9.59 Å². The van der Waals surface area contributed by atoms with E-state index in [1.807, 2.05) is 6.92 Å². The topological polar surface area (TPSA) is 92.7 Å². The Labute approximate surface area is 100 Å². The number of nitrogens with one attached hydrogen (secondary N) is 1. The quantitative estimate of drug-likeness (QED) is 0.644. The van der Waals surface area contributed by atoms with Crippen LogP contribution in [0.25, 0.3) is 0 Å². The van der Waals surface area contributed by atoms with E-state index in [2.05, 4.69) is 5.32 Å². The van der Waals surface area contributed by atoms with Crippen molar-refractivity contribution in [2.45, 2.75) is 52.2 Å². The molecular weight excluding hydrogens is 226 g/mol. The molecule has 0 heterocycles. The molecule has 0 aliphatic carbocycles. The van der Waals surface area contributed by atoms with Crippen LogP contribution in [0.3, 0.4) is 0 Å². The Balaban J connectivity index is 4.38. The molecule has 0 saturated carbocycles. The third kappa shape index (κ3) is 7.32. The van der Waals surface area contributed by atoms with E-state index in [1.54, 1.807) is 6.92 Å². The lowest BCUT2D eigenvalue weighted by Crippen LogP contribution is -2.42.